The molecule has 0 radical (unpaired) electrons. The molecule has 0 aliphatic carbocycles. The number of unbranched alkanes of at least 4 members (excludes halogenated alkanes) is 1. The van der Waals surface area contributed by atoms with E-state index in [0.29, 0.717) is 6.42 Å². The third kappa shape index (κ3) is 5.43. The van der Waals surface area contributed by atoms with Crippen molar-refractivity contribution in [2.75, 3.05) is 19.3 Å². The highest BCUT2D eigenvalue weighted by atomic mass is 32.2. The van der Waals surface area contributed by atoms with Gasteiger partial charge in [-0.1, -0.05) is 0 Å². The molecule has 0 aliphatic heterocycles. The summed E-state index contributed by atoms with van der Waals surface area (Å²) < 4.78 is 26.3. The molecule has 0 spiro atoms. The number of hydrogen-bond acceptors (Lipinski definition) is 5. The normalized spacial score (nSPS) is 13.7. The Hall–Kier alpha value is -0.500. The maximum atomic E-state index is 11.8. The number of nitrogens with zero attached hydrogens (tertiary/aromatic N) is 1. The van der Waals surface area contributed by atoms with Crippen LogP contribution in [0.3, 0.4) is 0 Å². The van der Waals surface area contributed by atoms with E-state index in [-0.39, 0.29) is 11.8 Å². The average Bonchev–Trinajstić information content (AvgIpc) is 2.71. The molecule has 1 heterocycles. The fourth-order valence-electron chi connectivity index (χ4n) is 1.54. The zero-order valence-corrected chi connectivity index (χ0v) is 12.7. The quantitative estimate of drug-likeness (QED) is 0.711. The summed E-state index contributed by atoms with van der Waals surface area (Å²) in [4.78, 5) is 4.29. The van der Waals surface area contributed by atoms with Crippen molar-refractivity contribution in [1.82, 2.24) is 15.0 Å². The van der Waals surface area contributed by atoms with Gasteiger partial charge in [0.1, 0.15) is 5.01 Å². The van der Waals surface area contributed by atoms with E-state index in [0.717, 1.165) is 23.7 Å². The zero-order chi connectivity index (χ0) is 13.6. The van der Waals surface area contributed by atoms with Crippen molar-refractivity contribution in [1.29, 1.82) is 0 Å². The Morgan fingerprint density at radius 1 is 1.44 bits per heavy atom. The van der Waals surface area contributed by atoms with Crippen molar-refractivity contribution in [2.24, 2.45) is 0 Å². The molecule has 104 valence electrons. The van der Waals surface area contributed by atoms with E-state index in [1.54, 1.807) is 0 Å². The van der Waals surface area contributed by atoms with Gasteiger partial charge in [0.15, 0.2) is 0 Å². The van der Waals surface area contributed by atoms with Gasteiger partial charge in [-0.15, -0.1) is 11.3 Å². The molecule has 18 heavy (non-hydrogen) atoms. The minimum Gasteiger partial charge on any atom is -0.320 e. The lowest BCUT2D eigenvalue weighted by atomic mass is 10.3. The Morgan fingerprint density at radius 2 is 2.17 bits per heavy atom. The molecule has 1 rings (SSSR count). The zero-order valence-electron chi connectivity index (χ0n) is 11.1. The van der Waals surface area contributed by atoms with Crippen LogP contribution in [0.5, 0.6) is 0 Å². The summed E-state index contributed by atoms with van der Waals surface area (Å²) in [7, 11) is -1.35. The fraction of sp³-hybridized carbons (Fsp3) is 0.727. The van der Waals surface area contributed by atoms with E-state index in [4.69, 9.17) is 0 Å². The van der Waals surface area contributed by atoms with Crippen LogP contribution in [0.1, 0.15) is 36.5 Å². The Kier molecular flexibility index (Phi) is 6.20. The number of hydrogen-bond donors (Lipinski definition) is 2. The average molecular weight is 291 g/mol. The minimum absolute atomic E-state index is 0.170. The van der Waals surface area contributed by atoms with E-state index in [9.17, 15) is 8.42 Å². The van der Waals surface area contributed by atoms with Crippen molar-refractivity contribution in [3.8, 4) is 0 Å². The van der Waals surface area contributed by atoms with Gasteiger partial charge in [-0.2, -0.15) is 0 Å². The third-order valence-electron chi connectivity index (χ3n) is 2.45. The van der Waals surface area contributed by atoms with Crippen molar-refractivity contribution in [3.63, 3.8) is 0 Å². The molecule has 1 unspecified atom stereocenters. The van der Waals surface area contributed by atoms with Gasteiger partial charge in [-0.05, 0) is 40.3 Å². The summed E-state index contributed by atoms with van der Waals surface area (Å²) in [6, 6.07) is -0.252. The Morgan fingerprint density at radius 3 is 2.72 bits per heavy atom. The minimum atomic E-state index is -3.21. The topological polar surface area (TPSA) is 71.1 Å². The molecule has 2 N–H and O–H groups in total. The molecule has 0 saturated carbocycles. The smallest absolute Gasteiger partial charge is 0.212 e. The summed E-state index contributed by atoms with van der Waals surface area (Å²) >= 11 is 1.48. The molecule has 0 aliphatic rings. The number of thiazole rings is 1. The van der Waals surface area contributed by atoms with Gasteiger partial charge < -0.3 is 5.32 Å². The first kappa shape index (κ1) is 15.6. The lowest BCUT2D eigenvalue weighted by Gasteiger charge is -2.11. The molecule has 0 saturated heterocycles. The molecule has 0 bridgehead atoms. The SMILES string of the molecule is CNCCCCS(=O)(=O)NC(C)c1nc(C)cs1. The Balaban J connectivity index is 2.44. The molecule has 7 heteroatoms. The summed E-state index contributed by atoms with van der Waals surface area (Å²) in [5.41, 5.74) is 0.926. The van der Waals surface area contributed by atoms with Crippen LogP contribution >= 0.6 is 11.3 Å². The number of nitrogens with one attached hydrogen (secondary N) is 2. The van der Waals surface area contributed by atoms with Crippen LogP contribution < -0.4 is 10.0 Å². The molecule has 1 aromatic rings. The Bertz CT molecular complexity index is 457. The number of aromatic nitrogens is 1. The standard InChI is InChI=1S/C11H21N3O2S2/c1-9-8-17-11(13-9)10(2)14-18(15,16)7-5-4-6-12-3/h8,10,12,14H,4-7H2,1-3H3. The molecule has 0 aromatic carbocycles. The monoisotopic (exact) mass is 291 g/mol. The largest absolute Gasteiger partial charge is 0.320 e. The van der Waals surface area contributed by atoms with Crippen LogP contribution in [0, 0.1) is 6.92 Å². The lowest BCUT2D eigenvalue weighted by molar-refractivity contribution is 0.561. The van der Waals surface area contributed by atoms with E-state index in [1.807, 2.05) is 26.3 Å². The van der Waals surface area contributed by atoms with E-state index in [1.165, 1.54) is 11.3 Å². The van der Waals surface area contributed by atoms with Crippen LogP contribution in [-0.4, -0.2) is 32.7 Å². The summed E-state index contributed by atoms with van der Waals surface area (Å²) in [5, 5.41) is 5.73. The highest BCUT2D eigenvalue weighted by molar-refractivity contribution is 7.89. The van der Waals surface area contributed by atoms with Crippen LogP contribution in [0.2, 0.25) is 0 Å². The maximum absolute atomic E-state index is 11.8. The second-order valence-corrected chi connectivity index (χ2v) is 7.06. The number of sulfonamides is 1. The highest BCUT2D eigenvalue weighted by Gasteiger charge is 2.17. The van der Waals surface area contributed by atoms with Crippen molar-refractivity contribution >= 4 is 21.4 Å². The second kappa shape index (κ2) is 7.18. The highest BCUT2D eigenvalue weighted by Crippen LogP contribution is 2.18. The summed E-state index contributed by atoms with van der Waals surface area (Å²) in [6.45, 7) is 4.57. The van der Waals surface area contributed by atoms with Gasteiger partial charge in [-0.3, -0.25) is 0 Å². The molecular formula is C11H21N3O2S2. The van der Waals surface area contributed by atoms with Crippen molar-refractivity contribution < 1.29 is 8.42 Å². The fourth-order valence-corrected chi connectivity index (χ4v) is 3.77. The van der Waals surface area contributed by atoms with E-state index < -0.39 is 10.0 Å². The Labute approximate surface area is 113 Å². The van der Waals surface area contributed by atoms with Crippen LogP contribution in [0.25, 0.3) is 0 Å². The lowest BCUT2D eigenvalue weighted by Crippen LogP contribution is -2.29. The third-order valence-corrected chi connectivity index (χ3v) is 5.14. The molecule has 0 fully saturated rings. The van der Waals surface area contributed by atoms with Crippen molar-refractivity contribution in [3.05, 3.63) is 16.1 Å². The van der Waals surface area contributed by atoms with E-state index >= 15 is 0 Å². The van der Waals surface area contributed by atoms with Crippen LogP contribution in [0.15, 0.2) is 5.38 Å². The first-order valence-electron chi connectivity index (χ1n) is 6.01. The predicted molar refractivity (Wildman–Crippen MR) is 75.3 cm³/mol. The molecule has 1 aromatic heterocycles. The van der Waals surface area contributed by atoms with Crippen molar-refractivity contribution in [2.45, 2.75) is 32.7 Å². The number of aryl methyl sites for hydroxylation is 1. The predicted octanol–water partition coefficient (Wildman–Crippen LogP) is 1.43. The maximum Gasteiger partial charge on any atom is 0.212 e. The van der Waals surface area contributed by atoms with Gasteiger partial charge in [0.05, 0.1) is 11.8 Å². The van der Waals surface area contributed by atoms with Gasteiger partial charge in [0, 0.05) is 11.1 Å². The molecule has 1 atom stereocenters. The van der Waals surface area contributed by atoms with Gasteiger partial charge in [-0.25, -0.2) is 18.1 Å². The first-order valence-corrected chi connectivity index (χ1v) is 8.54. The molecule has 5 nitrogen and oxygen atoms in total. The van der Waals surface area contributed by atoms with Gasteiger partial charge in [0.2, 0.25) is 10.0 Å². The van der Waals surface area contributed by atoms with E-state index in [2.05, 4.69) is 15.0 Å². The molecular weight excluding hydrogens is 270 g/mol. The van der Waals surface area contributed by atoms with Crippen LogP contribution in [0.4, 0.5) is 0 Å². The first-order chi connectivity index (χ1) is 8.44. The van der Waals surface area contributed by atoms with Gasteiger partial charge in [0.25, 0.3) is 0 Å². The summed E-state index contributed by atoms with van der Waals surface area (Å²) in [5.74, 6) is 0.170. The number of rotatable bonds is 8. The summed E-state index contributed by atoms with van der Waals surface area (Å²) in [6.07, 6.45) is 1.53. The molecule has 0 amide bonds. The second-order valence-electron chi connectivity index (χ2n) is 4.30. The van der Waals surface area contributed by atoms with Crippen LogP contribution in [-0.2, 0) is 10.0 Å². The van der Waals surface area contributed by atoms with Gasteiger partial charge >= 0.3 is 0 Å².